The Morgan fingerprint density at radius 1 is 1.37 bits per heavy atom. The molecule has 102 valence electrons. The highest BCUT2D eigenvalue weighted by Gasteiger charge is 2.32. The zero-order valence-corrected chi connectivity index (χ0v) is 9.74. The van der Waals surface area contributed by atoms with Gasteiger partial charge in [-0.3, -0.25) is 0 Å². The number of hydrogen-bond acceptors (Lipinski definition) is 4. The molecule has 1 aromatic rings. The molecule has 2 unspecified atom stereocenters. The Morgan fingerprint density at radius 2 is 2.11 bits per heavy atom. The van der Waals surface area contributed by atoms with Gasteiger partial charge >= 0.3 is 6.18 Å². The van der Waals surface area contributed by atoms with Gasteiger partial charge in [0.15, 0.2) is 0 Å². The van der Waals surface area contributed by atoms with Gasteiger partial charge in [-0.25, -0.2) is 0 Å². The molecule has 2 rings (SSSR count). The van der Waals surface area contributed by atoms with Gasteiger partial charge < -0.3 is 15.2 Å². The number of rotatable bonds is 2. The maximum atomic E-state index is 12.5. The molecule has 19 heavy (non-hydrogen) atoms. The van der Waals surface area contributed by atoms with E-state index in [2.05, 4.69) is 5.32 Å². The van der Waals surface area contributed by atoms with E-state index in [1.165, 1.54) is 6.07 Å². The summed E-state index contributed by atoms with van der Waals surface area (Å²) in [4.78, 5) is 0. The van der Waals surface area contributed by atoms with E-state index in [0.29, 0.717) is 0 Å². The number of ether oxygens (including phenoxy) is 1. The molecule has 0 aliphatic carbocycles. The smallest absolute Gasteiger partial charge is 0.388 e. The number of benzene rings is 1. The summed E-state index contributed by atoms with van der Waals surface area (Å²) in [6.45, 7) is 0.410. The Bertz CT molecular complexity index is 511. The number of aliphatic hydroxyl groups is 1. The first-order valence-corrected chi connectivity index (χ1v) is 5.55. The van der Waals surface area contributed by atoms with E-state index in [1.54, 1.807) is 6.07 Å². The average Bonchev–Trinajstić information content (AvgIpc) is 2.74. The number of nitriles is 1. The van der Waals surface area contributed by atoms with Crippen molar-refractivity contribution in [1.82, 2.24) is 0 Å². The standard InChI is InChI=1S/C12H11F3N2O2/c13-12(14,15)8-1-2-9(7(3-8)4-16)17-10-5-19-6-11(10)18/h1-3,10-11,17-18H,5-6H2. The van der Waals surface area contributed by atoms with Crippen molar-refractivity contribution in [2.75, 3.05) is 18.5 Å². The van der Waals surface area contributed by atoms with E-state index in [9.17, 15) is 18.3 Å². The van der Waals surface area contributed by atoms with Gasteiger partial charge in [-0.1, -0.05) is 0 Å². The lowest BCUT2D eigenvalue weighted by Crippen LogP contribution is -2.32. The third kappa shape index (κ3) is 2.97. The number of aliphatic hydroxyl groups excluding tert-OH is 1. The lowest BCUT2D eigenvalue weighted by Gasteiger charge is -2.17. The molecule has 1 aromatic carbocycles. The molecule has 0 spiro atoms. The van der Waals surface area contributed by atoms with E-state index >= 15 is 0 Å². The lowest BCUT2D eigenvalue weighted by atomic mass is 10.1. The molecule has 0 aromatic heterocycles. The highest BCUT2D eigenvalue weighted by molar-refractivity contribution is 5.59. The first-order chi connectivity index (χ1) is 8.91. The average molecular weight is 272 g/mol. The van der Waals surface area contributed by atoms with Crippen LogP contribution in [0.4, 0.5) is 18.9 Å². The summed E-state index contributed by atoms with van der Waals surface area (Å²) >= 11 is 0. The zero-order valence-electron chi connectivity index (χ0n) is 9.74. The van der Waals surface area contributed by atoms with Crippen LogP contribution in [0.3, 0.4) is 0 Å². The molecular weight excluding hydrogens is 261 g/mol. The Labute approximate surface area is 107 Å². The van der Waals surface area contributed by atoms with Crippen LogP contribution in [0, 0.1) is 11.3 Å². The van der Waals surface area contributed by atoms with Gasteiger partial charge in [-0.2, -0.15) is 18.4 Å². The maximum absolute atomic E-state index is 12.5. The molecule has 1 fully saturated rings. The molecular formula is C12H11F3N2O2. The minimum absolute atomic E-state index is 0.117. The summed E-state index contributed by atoms with van der Waals surface area (Å²) in [5.74, 6) is 0. The van der Waals surface area contributed by atoms with Crippen LogP contribution in [0.1, 0.15) is 11.1 Å². The summed E-state index contributed by atoms with van der Waals surface area (Å²) in [7, 11) is 0. The predicted octanol–water partition coefficient (Wildman–Crippen LogP) is 1.75. The predicted molar refractivity (Wildman–Crippen MR) is 60.4 cm³/mol. The molecule has 1 saturated heterocycles. The van der Waals surface area contributed by atoms with Crippen molar-refractivity contribution in [1.29, 1.82) is 5.26 Å². The second-order valence-electron chi connectivity index (χ2n) is 4.23. The fraction of sp³-hybridized carbons (Fsp3) is 0.417. The van der Waals surface area contributed by atoms with Crippen LogP contribution in [-0.4, -0.2) is 30.5 Å². The largest absolute Gasteiger partial charge is 0.416 e. The lowest BCUT2D eigenvalue weighted by molar-refractivity contribution is -0.137. The molecule has 1 aliphatic rings. The molecule has 1 heterocycles. The van der Waals surface area contributed by atoms with Crippen LogP contribution in [0.25, 0.3) is 0 Å². The van der Waals surface area contributed by atoms with Gasteiger partial charge in [0, 0.05) is 0 Å². The first-order valence-electron chi connectivity index (χ1n) is 5.55. The number of halogens is 3. The van der Waals surface area contributed by atoms with Gasteiger partial charge in [0.25, 0.3) is 0 Å². The van der Waals surface area contributed by atoms with Gasteiger partial charge in [-0.15, -0.1) is 0 Å². The van der Waals surface area contributed by atoms with Crippen LogP contribution < -0.4 is 5.32 Å². The SMILES string of the molecule is N#Cc1cc(C(F)(F)F)ccc1NC1COCC1O. The number of anilines is 1. The number of nitrogens with one attached hydrogen (secondary N) is 1. The van der Waals surface area contributed by atoms with Crippen molar-refractivity contribution in [2.24, 2.45) is 0 Å². The quantitative estimate of drug-likeness (QED) is 0.860. The Hall–Kier alpha value is -1.78. The van der Waals surface area contributed by atoms with E-state index in [1.807, 2.05) is 0 Å². The zero-order chi connectivity index (χ0) is 14.0. The molecule has 0 bridgehead atoms. The molecule has 0 amide bonds. The van der Waals surface area contributed by atoms with E-state index in [-0.39, 0.29) is 24.5 Å². The van der Waals surface area contributed by atoms with Crippen LogP contribution >= 0.6 is 0 Å². The first kappa shape index (κ1) is 13.6. The van der Waals surface area contributed by atoms with Crippen molar-refractivity contribution in [3.8, 4) is 6.07 Å². The van der Waals surface area contributed by atoms with Crippen LogP contribution in [0.15, 0.2) is 18.2 Å². The molecule has 7 heteroatoms. The number of alkyl halides is 3. The summed E-state index contributed by atoms with van der Waals surface area (Å²) in [5.41, 5.74) is -0.739. The Balaban J connectivity index is 2.24. The summed E-state index contributed by atoms with van der Waals surface area (Å²) < 4.78 is 42.6. The fourth-order valence-corrected chi connectivity index (χ4v) is 1.82. The van der Waals surface area contributed by atoms with Crippen molar-refractivity contribution in [3.63, 3.8) is 0 Å². The highest BCUT2D eigenvalue weighted by atomic mass is 19.4. The van der Waals surface area contributed by atoms with E-state index in [4.69, 9.17) is 10.00 Å². The number of hydrogen-bond donors (Lipinski definition) is 2. The van der Waals surface area contributed by atoms with Gasteiger partial charge in [-0.05, 0) is 18.2 Å². The second kappa shape index (κ2) is 5.07. The molecule has 0 radical (unpaired) electrons. The molecule has 1 aliphatic heterocycles. The van der Waals surface area contributed by atoms with Gasteiger partial charge in [0.1, 0.15) is 6.07 Å². The minimum Gasteiger partial charge on any atom is -0.388 e. The third-order valence-corrected chi connectivity index (χ3v) is 2.86. The summed E-state index contributed by atoms with van der Waals surface area (Å²) in [5, 5.41) is 21.3. The van der Waals surface area contributed by atoms with Gasteiger partial charge in [0.05, 0.1) is 42.2 Å². The van der Waals surface area contributed by atoms with Crippen molar-refractivity contribution in [3.05, 3.63) is 29.3 Å². The fourth-order valence-electron chi connectivity index (χ4n) is 1.82. The summed E-state index contributed by atoms with van der Waals surface area (Å²) in [6.07, 6.45) is -5.23. The van der Waals surface area contributed by atoms with Crippen molar-refractivity contribution >= 4 is 5.69 Å². The molecule has 2 N–H and O–H groups in total. The Kier molecular flexibility index (Phi) is 3.64. The second-order valence-corrected chi connectivity index (χ2v) is 4.23. The Morgan fingerprint density at radius 3 is 2.63 bits per heavy atom. The number of nitrogens with zero attached hydrogens (tertiary/aromatic N) is 1. The van der Waals surface area contributed by atoms with E-state index < -0.39 is 23.9 Å². The molecule has 0 saturated carbocycles. The molecule has 4 nitrogen and oxygen atoms in total. The van der Waals surface area contributed by atoms with Crippen LogP contribution in [0.5, 0.6) is 0 Å². The monoisotopic (exact) mass is 272 g/mol. The normalized spacial score (nSPS) is 23.1. The molecule has 2 atom stereocenters. The van der Waals surface area contributed by atoms with Crippen LogP contribution in [-0.2, 0) is 10.9 Å². The third-order valence-electron chi connectivity index (χ3n) is 2.86. The van der Waals surface area contributed by atoms with Crippen LogP contribution in [0.2, 0.25) is 0 Å². The maximum Gasteiger partial charge on any atom is 0.416 e. The summed E-state index contributed by atoms with van der Waals surface area (Å²) in [6, 6.07) is 4.15. The van der Waals surface area contributed by atoms with Crippen molar-refractivity contribution < 1.29 is 23.0 Å². The highest BCUT2D eigenvalue weighted by Crippen LogP contribution is 2.32. The van der Waals surface area contributed by atoms with Gasteiger partial charge in [0.2, 0.25) is 0 Å². The topological polar surface area (TPSA) is 65.3 Å². The van der Waals surface area contributed by atoms with E-state index in [0.717, 1.165) is 12.1 Å². The minimum atomic E-state index is -4.49. The van der Waals surface area contributed by atoms with Crippen molar-refractivity contribution in [2.45, 2.75) is 18.3 Å².